The average Bonchev–Trinajstić information content (AvgIpc) is 2.33. The molecule has 0 spiro atoms. The summed E-state index contributed by atoms with van der Waals surface area (Å²) >= 11 is 0. The Balaban J connectivity index is 2.64. The minimum atomic E-state index is -0.992. The summed E-state index contributed by atoms with van der Waals surface area (Å²) in [5.74, 6) is -0.992. The minimum absolute atomic E-state index is 0.201. The van der Waals surface area contributed by atoms with Crippen LogP contribution in [-0.2, 0) is 4.79 Å². The van der Waals surface area contributed by atoms with Crippen LogP contribution in [0.5, 0.6) is 0 Å². The lowest BCUT2D eigenvalue weighted by Gasteiger charge is -2.39. The largest absolute Gasteiger partial charge is 0.480 e. The smallest absolute Gasteiger partial charge is 0.326 e. The molecule has 1 fully saturated rings. The normalized spacial score (nSPS) is 20.7. The van der Waals surface area contributed by atoms with Crippen molar-refractivity contribution < 1.29 is 14.7 Å². The van der Waals surface area contributed by atoms with Crippen LogP contribution < -0.4 is 5.32 Å². The van der Waals surface area contributed by atoms with E-state index >= 15 is 0 Å². The molecule has 1 saturated carbocycles. The van der Waals surface area contributed by atoms with Gasteiger partial charge in [0.2, 0.25) is 0 Å². The first-order chi connectivity index (χ1) is 9.44. The molecule has 5 heteroatoms. The van der Waals surface area contributed by atoms with Crippen molar-refractivity contribution in [3.05, 3.63) is 0 Å². The number of nitrogens with zero attached hydrogens (tertiary/aromatic N) is 1. The molecule has 1 rings (SSSR count). The zero-order chi connectivity index (χ0) is 16.4. The third kappa shape index (κ3) is 4.90. The van der Waals surface area contributed by atoms with Gasteiger partial charge in [0.25, 0.3) is 0 Å². The van der Waals surface area contributed by atoms with Crippen molar-refractivity contribution >= 4 is 12.0 Å². The Labute approximate surface area is 128 Å². The Morgan fingerprint density at radius 1 is 1.24 bits per heavy atom. The van der Waals surface area contributed by atoms with Crippen LogP contribution in [0.15, 0.2) is 0 Å². The van der Waals surface area contributed by atoms with E-state index in [4.69, 9.17) is 0 Å². The second kappa shape index (κ2) is 6.24. The van der Waals surface area contributed by atoms with Crippen LogP contribution in [-0.4, -0.2) is 41.1 Å². The summed E-state index contributed by atoms with van der Waals surface area (Å²) in [6, 6.07) is -0.970. The highest BCUT2D eigenvalue weighted by Gasteiger charge is 2.35. The van der Waals surface area contributed by atoms with Gasteiger partial charge in [-0.2, -0.15) is 0 Å². The Morgan fingerprint density at radius 2 is 1.71 bits per heavy atom. The van der Waals surface area contributed by atoms with Crippen molar-refractivity contribution in [2.45, 2.75) is 72.4 Å². The van der Waals surface area contributed by atoms with Gasteiger partial charge in [-0.25, -0.2) is 9.59 Å². The third-order valence-electron chi connectivity index (χ3n) is 4.56. The van der Waals surface area contributed by atoms with Gasteiger partial charge in [-0.3, -0.25) is 0 Å². The van der Waals surface area contributed by atoms with E-state index in [-0.39, 0.29) is 12.1 Å². The maximum atomic E-state index is 12.3. The Bertz CT molecular complexity index is 389. The quantitative estimate of drug-likeness (QED) is 0.841. The maximum absolute atomic E-state index is 12.3. The molecule has 1 aliphatic rings. The van der Waals surface area contributed by atoms with Crippen molar-refractivity contribution in [2.75, 3.05) is 7.05 Å². The van der Waals surface area contributed by atoms with Gasteiger partial charge in [-0.1, -0.05) is 34.6 Å². The lowest BCUT2D eigenvalue weighted by molar-refractivity contribution is -0.142. The molecule has 0 aromatic rings. The SMILES string of the molecule is CN(C(=O)N[C@H](C(=O)O)C(C)(C)C)C1CCC(C)(C)CC1. The molecule has 1 atom stereocenters. The van der Waals surface area contributed by atoms with Crippen LogP contribution in [0.2, 0.25) is 0 Å². The molecule has 0 unspecified atom stereocenters. The summed E-state index contributed by atoms with van der Waals surface area (Å²) < 4.78 is 0. The topological polar surface area (TPSA) is 69.6 Å². The fraction of sp³-hybridized carbons (Fsp3) is 0.875. The van der Waals surface area contributed by atoms with E-state index in [1.165, 1.54) is 0 Å². The van der Waals surface area contributed by atoms with Gasteiger partial charge < -0.3 is 15.3 Å². The van der Waals surface area contributed by atoms with Gasteiger partial charge in [-0.05, 0) is 36.5 Å². The van der Waals surface area contributed by atoms with Crippen molar-refractivity contribution in [3.8, 4) is 0 Å². The molecular formula is C16H30N2O3. The molecule has 0 aromatic carbocycles. The summed E-state index contributed by atoms with van der Waals surface area (Å²) in [5, 5.41) is 11.9. The number of nitrogens with one attached hydrogen (secondary N) is 1. The predicted octanol–water partition coefficient (Wildman–Crippen LogP) is 3.10. The number of carboxylic acids is 1. The van der Waals surface area contributed by atoms with Crippen molar-refractivity contribution in [2.24, 2.45) is 10.8 Å². The van der Waals surface area contributed by atoms with E-state index in [1.807, 2.05) is 20.8 Å². The van der Waals surface area contributed by atoms with Gasteiger partial charge in [0.15, 0.2) is 0 Å². The number of hydrogen-bond donors (Lipinski definition) is 2. The summed E-state index contributed by atoms with van der Waals surface area (Å²) in [7, 11) is 1.76. The van der Waals surface area contributed by atoms with E-state index in [0.29, 0.717) is 5.41 Å². The molecule has 5 nitrogen and oxygen atoms in total. The number of aliphatic carboxylic acids is 1. The van der Waals surface area contributed by atoms with Crippen molar-refractivity contribution in [1.29, 1.82) is 0 Å². The number of amides is 2. The second-order valence-corrected chi connectivity index (χ2v) is 8.09. The van der Waals surface area contributed by atoms with Crippen molar-refractivity contribution in [3.63, 3.8) is 0 Å². The zero-order valence-corrected chi connectivity index (χ0v) is 14.2. The third-order valence-corrected chi connectivity index (χ3v) is 4.56. The molecule has 21 heavy (non-hydrogen) atoms. The zero-order valence-electron chi connectivity index (χ0n) is 14.2. The number of hydrogen-bond acceptors (Lipinski definition) is 2. The molecular weight excluding hydrogens is 268 g/mol. The summed E-state index contributed by atoms with van der Waals surface area (Å²) in [4.78, 5) is 25.3. The highest BCUT2D eigenvalue weighted by Crippen LogP contribution is 2.36. The number of carbonyl (C=O) groups excluding carboxylic acids is 1. The fourth-order valence-corrected chi connectivity index (χ4v) is 2.81. The summed E-state index contributed by atoms with van der Waals surface area (Å²) in [6.45, 7) is 9.95. The van der Waals surface area contributed by atoms with Crippen LogP contribution in [0.3, 0.4) is 0 Å². The van der Waals surface area contributed by atoms with Crippen LogP contribution in [0, 0.1) is 10.8 Å². The molecule has 0 aliphatic heterocycles. The molecule has 0 radical (unpaired) electrons. The first kappa shape index (κ1) is 17.8. The Kier molecular flexibility index (Phi) is 5.29. The molecule has 0 aromatic heterocycles. The highest BCUT2D eigenvalue weighted by atomic mass is 16.4. The predicted molar refractivity (Wildman–Crippen MR) is 83.2 cm³/mol. The van der Waals surface area contributed by atoms with E-state index in [9.17, 15) is 14.7 Å². The number of urea groups is 1. The number of rotatable bonds is 3. The minimum Gasteiger partial charge on any atom is -0.480 e. The standard InChI is InChI=1S/C16H30N2O3/c1-15(2,3)12(13(19)20)17-14(21)18(6)11-7-9-16(4,5)10-8-11/h11-12H,7-10H2,1-6H3,(H,17,21)(H,19,20)/t12-/m1/s1. The van der Waals surface area contributed by atoms with Gasteiger partial charge in [0.05, 0.1) is 0 Å². The van der Waals surface area contributed by atoms with Crippen LogP contribution in [0.1, 0.15) is 60.3 Å². The first-order valence-corrected chi connectivity index (χ1v) is 7.70. The Hall–Kier alpha value is -1.26. The van der Waals surface area contributed by atoms with Gasteiger partial charge >= 0.3 is 12.0 Å². The van der Waals surface area contributed by atoms with Gasteiger partial charge in [-0.15, -0.1) is 0 Å². The summed E-state index contributed by atoms with van der Waals surface area (Å²) in [6.07, 6.45) is 4.14. The van der Waals surface area contributed by atoms with Gasteiger partial charge in [0, 0.05) is 13.1 Å². The van der Waals surface area contributed by atoms with E-state index in [0.717, 1.165) is 25.7 Å². The monoisotopic (exact) mass is 298 g/mol. The maximum Gasteiger partial charge on any atom is 0.326 e. The lowest BCUT2D eigenvalue weighted by atomic mass is 9.75. The van der Waals surface area contributed by atoms with E-state index in [2.05, 4.69) is 19.2 Å². The number of carboxylic acid groups (broad SMARTS) is 1. The van der Waals surface area contributed by atoms with E-state index < -0.39 is 17.4 Å². The van der Waals surface area contributed by atoms with Crippen LogP contribution in [0.4, 0.5) is 4.79 Å². The highest BCUT2D eigenvalue weighted by molar-refractivity contribution is 5.83. The molecule has 122 valence electrons. The average molecular weight is 298 g/mol. The van der Waals surface area contributed by atoms with Crippen molar-refractivity contribution in [1.82, 2.24) is 10.2 Å². The molecule has 1 aliphatic carbocycles. The number of carbonyl (C=O) groups is 2. The van der Waals surface area contributed by atoms with Gasteiger partial charge in [0.1, 0.15) is 6.04 Å². The Morgan fingerprint density at radius 3 is 2.10 bits per heavy atom. The molecule has 0 saturated heterocycles. The van der Waals surface area contributed by atoms with E-state index in [1.54, 1.807) is 11.9 Å². The van der Waals surface area contributed by atoms with Crippen LogP contribution >= 0.6 is 0 Å². The molecule has 0 bridgehead atoms. The molecule has 2 N–H and O–H groups in total. The second-order valence-electron chi connectivity index (χ2n) is 8.09. The molecule has 2 amide bonds. The summed E-state index contributed by atoms with van der Waals surface area (Å²) in [5.41, 5.74) is -0.167. The fourth-order valence-electron chi connectivity index (χ4n) is 2.81. The first-order valence-electron chi connectivity index (χ1n) is 7.70. The molecule has 0 heterocycles. The lowest BCUT2D eigenvalue weighted by Crippen LogP contribution is -2.54. The van der Waals surface area contributed by atoms with Crippen LogP contribution in [0.25, 0.3) is 0 Å².